The molecule has 0 aliphatic heterocycles. The lowest BCUT2D eigenvalue weighted by Gasteiger charge is -1.98. The van der Waals surface area contributed by atoms with E-state index in [2.05, 4.69) is 22.6 Å². The molecule has 0 aliphatic rings. The van der Waals surface area contributed by atoms with Crippen molar-refractivity contribution in [3.63, 3.8) is 0 Å². The number of allylic oxidation sites excluding steroid dienone is 1. The SMILES string of the molecule is O=C(C=Cc1ccc(O)c(Cl)c1)c1ccc(I)cc1. The van der Waals surface area contributed by atoms with Crippen LogP contribution in [0, 0.1) is 3.57 Å². The highest BCUT2D eigenvalue weighted by Crippen LogP contribution is 2.24. The Hall–Kier alpha value is -1.33. The summed E-state index contributed by atoms with van der Waals surface area (Å²) in [7, 11) is 0. The van der Waals surface area contributed by atoms with Crippen molar-refractivity contribution in [2.75, 3.05) is 0 Å². The van der Waals surface area contributed by atoms with Gasteiger partial charge in [0, 0.05) is 9.13 Å². The molecule has 0 saturated carbocycles. The Morgan fingerprint density at radius 2 is 1.84 bits per heavy atom. The maximum absolute atomic E-state index is 11.9. The maximum atomic E-state index is 11.9. The fraction of sp³-hybridized carbons (Fsp3) is 0. The third-order valence-electron chi connectivity index (χ3n) is 2.53. The van der Waals surface area contributed by atoms with E-state index in [1.54, 1.807) is 30.3 Å². The molecule has 2 aromatic carbocycles. The Labute approximate surface area is 129 Å². The molecule has 0 saturated heterocycles. The molecule has 0 atom stereocenters. The third kappa shape index (κ3) is 3.81. The van der Waals surface area contributed by atoms with E-state index in [0.29, 0.717) is 5.56 Å². The Kier molecular flexibility index (Phi) is 4.61. The van der Waals surface area contributed by atoms with Gasteiger partial charge in [0.25, 0.3) is 0 Å². The van der Waals surface area contributed by atoms with Crippen LogP contribution in [0.25, 0.3) is 6.08 Å². The van der Waals surface area contributed by atoms with Crippen molar-refractivity contribution in [3.8, 4) is 5.75 Å². The minimum absolute atomic E-state index is 0.0303. The van der Waals surface area contributed by atoms with Crippen LogP contribution in [0.3, 0.4) is 0 Å². The minimum atomic E-state index is -0.0689. The highest BCUT2D eigenvalue weighted by Gasteiger charge is 2.02. The zero-order valence-corrected chi connectivity index (χ0v) is 12.7. The first-order valence-corrected chi connectivity index (χ1v) is 6.98. The van der Waals surface area contributed by atoms with E-state index in [0.717, 1.165) is 9.13 Å². The lowest BCUT2D eigenvalue weighted by Crippen LogP contribution is -1.93. The highest BCUT2D eigenvalue weighted by atomic mass is 127. The fourth-order valence-electron chi connectivity index (χ4n) is 1.51. The van der Waals surface area contributed by atoms with Gasteiger partial charge < -0.3 is 5.11 Å². The van der Waals surface area contributed by atoms with Crippen molar-refractivity contribution in [2.45, 2.75) is 0 Å². The standard InChI is InChI=1S/C15H10ClIO2/c16-13-9-10(2-8-15(13)19)1-7-14(18)11-3-5-12(17)6-4-11/h1-9,19H. The molecule has 4 heteroatoms. The molecule has 0 heterocycles. The van der Waals surface area contributed by atoms with E-state index < -0.39 is 0 Å². The minimum Gasteiger partial charge on any atom is -0.506 e. The normalized spacial score (nSPS) is 10.8. The summed E-state index contributed by atoms with van der Waals surface area (Å²) in [5.74, 6) is -0.0385. The van der Waals surface area contributed by atoms with Gasteiger partial charge in [0.15, 0.2) is 5.78 Å². The molecule has 1 N–H and O–H groups in total. The topological polar surface area (TPSA) is 37.3 Å². The van der Waals surface area contributed by atoms with Crippen LogP contribution in [0.1, 0.15) is 15.9 Å². The summed E-state index contributed by atoms with van der Waals surface area (Å²) in [5.41, 5.74) is 1.41. The number of halogens is 2. The molecule has 0 fully saturated rings. The molecule has 2 nitrogen and oxygen atoms in total. The van der Waals surface area contributed by atoms with Crippen molar-refractivity contribution in [3.05, 3.63) is 68.3 Å². The average Bonchev–Trinajstić information content (AvgIpc) is 2.40. The van der Waals surface area contributed by atoms with E-state index in [4.69, 9.17) is 11.6 Å². The molecule has 2 rings (SSSR count). The van der Waals surface area contributed by atoms with E-state index in [1.165, 1.54) is 12.1 Å². The van der Waals surface area contributed by atoms with Crippen LogP contribution in [-0.4, -0.2) is 10.9 Å². The van der Waals surface area contributed by atoms with Gasteiger partial charge >= 0.3 is 0 Å². The summed E-state index contributed by atoms with van der Waals surface area (Å²) < 4.78 is 1.09. The van der Waals surface area contributed by atoms with Crippen molar-refractivity contribution >= 4 is 46.1 Å². The number of hydrogen-bond donors (Lipinski definition) is 1. The molecule has 0 unspecified atom stereocenters. The molecule has 96 valence electrons. The van der Waals surface area contributed by atoms with Crippen LogP contribution in [0.2, 0.25) is 5.02 Å². The van der Waals surface area contributed by atoms with Crippen LogP contribution in [0.5, 0.6) is 5.75 Å². The van der Waals surface area contributed by atoms with Gasteiger partial charge in [0.05, 0.1) is 5.02 Å². The molecule has 0 spiro atoms. The predicted octanol–water partition coefficient (Wildman–Crippen LogP) is 4.55. The van der Waals surface area contributed by atoms with Crippen molar-refractivity contribution in [2.24, 2.45) is 0 Å². The molecule has 2 aromatic rings. The van der Waals surface area contributed by atoms with Crippen LogP contribution in [0.15, 0.2) is 48.5 Å². The number of carbonyl (C=O) groups is 1. The molecular formula is C15H10ClIO2. The quantitative estimate of drug-likeness (QED) is 0.479. The Bertz CT molecular complexity index is 633. The molecule has 0 aliphatic carbocycles. The van der Waals surface area contributed by atoms with Crippen molar-refractivity contribution in [1.29, 1.82) is 0 Å². The first-order chi connectivity index (χ1) is 9.06. The van der Waals surface area contributed by atoms with Gasteiger partial charge in [-0.1, -0.05) is 35.9 Å². The molecule has 0 radical (unpaired) electrons. The third-order valence-corrected chi connectivity index (χ3v) is 3.55. The van der Waals surface area contributed by atoms with E-state index >= 15 is 0 Å². The number of rotatable bonds is 3. The van der Waals surface area contributed by atoms with Gasteiger partial charge in [0.1, 0.15) is 5.75 Å². The summed E-state index contributed by atoms with van der Waals surface area (Å²) in [6, 6.07) is 12.2. The summed E-state index contributed by atoms with van der Waals surface area (Å²) >= 11 is 7.98. The van der Waals surface area contributed by atoms with E-state index in [1.807, 2.05) is 12.1 Å². The number of phenols is 1. The van der Waals surface area contributed by atoms with Gasteiger partial charge in [-0.15, -0.1) is 0 Å². The molecule has 19 heavy (non-hydrogen) atoms. The van der Waals surface area contributed by atoms with Gasteiger partial charge in [-0.25, -0.2) is 0 Å². The second-order valence-corrected chi connectivity index (χ2v) is 5.57. The Balaban J connectivity index is 2.15. The first kappa shape index (κ1) is 14.1. The van der Waals surface area contributed by atoms with Gasteiger partial charge in [0.2, 0.25) is 0 Å². The van der Waals surface area contributed by atoms with E-state index in [9.17, 15) is 9.90 Å². The summed E-state index contributed by atoms with van der Waals surface area (Å²) in [4.78, 5) is 11.9. The van der Waals surface area contributed by atoms with Gasteiger partial charge in [-0.05, 0) is 58.5 Å². The number of hydrogen-bond acceptors (Lipinski definition) is 2. The summed E-state index contributed by atoms with van der Waals surface area (Å²) in [6.07, 6.45) is 3.16. The number of phenolic OH excluding ortho intramolecular Hbond substituents is 1. The van der Waals surface area contributed by atoms with Crippen LogP contribution >= 0.6 is 34.2 Å². The zero-order valence-electron chi connectivity index (χ0n) is 9.81. The zero-order chi connectivity index (χ0) is 13.8. The lowest BCUT2D eigenvalue weighted by atomic mass is 10.1. The second kappa shape index (κ2) is 6.21. The van der Waals surface area contributed by atoms with Crippen molar-refractivity contribution in [1.82, 2.24) is 0 Å². The van der Waals surface area contributed by atoms with Crippen LogP contribution in [0.4, 0.5) is 0 Å². The van der Waals surface area contributed by atoms with Crippen molar-refractivity contribution < 1.29 is 9.90 Å². The Morgan fingerprint density at radius 3 is 2.47 bits per heavy atom. The molecule has 0 amide bonds. The van der Waals surface area contributed by atoms with Gasteiger partial charge in [-0.3, -0.25) is 4.79 Å². The molecule has 0 bridgehead atoms. The van der Waals surface area contributed by atoms with Crippen LogP contribution in [-0.2, 0) is 0 Å². The summed E-state index contributed by atoms with van der Waals surface area (Å²) in [6.45, 7) is 0. The number of ketones is 1. The highest BCUT2D eigenvalue weighted by molar-refractivity contribution is 14.1. The smallest absolute Gasteiger partial charge is 0.185 e. The second-order valence-electron chi connectivity index (χ2n) is 3.92. The predicted molar refractivity (Wildman–Crippen MR) is 85.6 cm³/mol. The monoisotopic (exact) mass is 384 g/mol. The number of benzene rings is 2. The van der Waals surface area contributed by atoms with Crippen LogP contribution < -0.4 is 0 Å². The summed E-state index contributed by atoms with van der Waals surface area (Å²) in [5, 5.41) is 9.57. The largest absolute Gasteiger partial charge is 0.506 e. The molecule has 0 aromatic heterocycles. The lowest BCUT2D eigenvalue weighted by molar-refractivity contribution is 0.104. The first-order valence-electron chi connectivity index (χ1n) is 5.53. The average molecular weight is 385 g/mol. The fourth-order valence-corrected chi connectivity index (χ4v) is 2.06. The number of carbonyl (C=O) groups excluding carboxylic acids is 1. The maximum Gasteiger partial charge on any atom is 0.185 e. The Morgan fingerprint density at radius 1 is 1.16 bits per heavy atom. The molecular weight excluding hydrogens is 375 g/mol. The number of aromatic hydroxyl groups is 1. The van der Waals surface area contributed by atoms with E-state index in [-0.39, 0.29) is 16.6 Å². The van der Waals surface area contributed by atoms with Gasteiger partial charge in [-0.2, -0.15) is 0 Å².